The average molecular weight is 445 g/mol. The number of hydrogen-bond acceptors (Lipinski definition) is 4. The van der Waals surface area contributed by atoms with Crippen molar-refractivity contribution in [1.29, 1.82) is 0 Å². The molecule has 0 spiro atoms. The lowest BCUT2D eigenvalue weighted by Crippen LogP contribution is -2.40. The van der Waals surface area contributed by atoms with Crippen molar-refractivity contribution in [1.82, 2.24) is 24.2 Å². The Balaban J connectivity index is 1.27. The monoisotopic (exact) mass is 445 g/mol. The van der Waals surface area contributed by atoms with E-state index in [4.69, 9.17) is 0 Å². The van der Waals surface area contributed by atoms with Gasteiger partial charge in [-0.25, -0.2) is 14.1 Å². The molecule has 168 valence electrons. The molecule has 0 aliphatic carbocycles. The van der Waals surface area contributed by atoms with E-state index in [1.54, 1.807) is 22.4 Å². The fourth-order valence-corrected chi connectivity index (χ4v) is 4.48. The molecule has 4 aromatic rings. The lowest BCUT2D eigenvalue weighted by atomic mass is 9.96. The van der Waals surface area contributed by atoms with E-state index in [1.807, 2.05) is 41.4 Å². The van der Waals surface area contributed by atoms with Gasteiger partial charge in [-0.15, -0.1) is 0 Å². The Labute approximate surface area is 190 Å². The number of nitrogens with zero attached hydrogens (tertiary/aromatic N) is 5. The molecule has 0 unspecified atom stereocenters. The van der Waals surface area contributed by atoms with Crippen LogP contribution in [0.1, 0.15) is 29.0 Å². The van der Waals surface area contributed by atoms with Crippen LogP contribution in [-0.2, 0) is 6.54 Å². The zero-order valence-corrected chi connectivity index (χ0v) is 18.3. The van der Waals surface area contributed by atoms with E-state index in [0.717, 1.165) is 18.5 Å². The second kappa shape index (κ2) is 8.61. The van der Waals surface area contributed by atoms with E-state index in [0.29, 0.717) is 41.9 Å². The number of aromatic nitrogens is 4. The van der Waals surface area contributed by atoms with E-state index >= 15 is 0 Å². The quantitative estimate of drug-likeness (QED) is 0.481. The molecule has 1 fully saturated rings. The number of halogens is 1. The van der Waals surface area contributed by atoms with Gasteiger partial charge in [-0.1, -0.05) is 6.07 Å². The van der Waals surface area contributed by atoms with Crippen LogP contribution in [0.5, 0.6) is 0 Å². The van der Waals surface area contributed by atoms with Crippen molar-refractivity contribution in [3.63, 3.8) is 0 Å². The Hall–Kier alpha value is -3.81. The van der Waals surface area contributed by atoms with Gasteiger partial charge in [0.15, 0.2) is 0 Å². The molecule has 8 heteroatoms. The van der Waals surface area contributed by atoms with Crippen molar-refractivity contribution in [3.05, 3.63) is 88.5 Å². The molecule has 5 rings (SSSR count). The number of fused-ring (bicyclic) bond motifs is 1. The van der Waals surface area contributed by atoms with Crippen molar-refractivity contribution in [2.75, 3.05) is 13.1 Å². The highest BCUT2D eigenvalue weighted by Crippen LogP contribution is 2.22. The first-order chi connectivity index (χ1) is 16.0. The molecular weight excluding hydrogens is 421 g/mol. The third kappa shape index (κ3) is 4.16. The summed E-state index contributed by atoms with van der Waals surface area (Å²) in [5, 5.41) is 4.65. The van der Waals surface area contributed by atoms with E-state index in [9.17, 15) is 14.0 Å². The van der Waals surface area contributed by atoms with Gasteiger partial charge in [0.2, 0.25) is 0 Å². The molecule has 0 bridgehead atoms. The van der Waals surface area contributed by atoms with Gasteiger partial charge in [0.1, 0.15) is 11.6 Å². The molecule has 1 aliphatic rings. The Bertz CT molecular complexity index is 1370. The van der Waals surface area contributed by atoms with Crippen LogP contribution in [0.25, 0.3) is 16.6 Å². The molecule has 33 heavy (non-hydrogen) atoms. The van der Waals surface area contributed by atoms with Gasteiger partial charge in [0, 0.05) is 43.7 Å². The number of rotatable bonds is 4. The maximum Gasteiger partial charge on any atom is 0.261 e. The number of likely N-dealkylation sites (tertiary alicyclic amines) is 1. The molecule has 0 atom stereocenters. The van der Waals surface area contributed by atoms with Gasteiger partial charge in [-0.2, -0.15) is 5.10 Å². The number of carbonyl (C=O) groups excluding carboxylic acids is 1. The van der Waals surface area contributed by atoms with Crippen LogP contribution in [0.2, 0.25) is 0 Å². The summed E-state index contributed by atoms with van der Waals surface area (Å²) < 4.78 is 16.9. The fraction of sp³-hybridized carbons (Fsp3) is 0.280. The van der Waals surface area contributed by atoms with Crippen LogP contribution < -0.4 is 5.56 Å². The first-order valence-corrected chi connectivity index (χ1v) is 11.1. The molecule has 2 aromatic carbocycles. The minimum absolute atomic E-state index is 0.00482. The van der Waals surface area contributed by atoms with Gasteiger partial charge in [0.05, 0.1) is 16.6 Å². The van der Waals surface area contributed by atoms with E-state index < -0.39 is 5.82 Å². The van der Waals surface area contributed by atoms with Crippen LogP contribution in [0, 0.1) is 18.7 Å². The number of piperidine rings is 1. The predicted octanol–water partition coefficient (Wildman–Crippen LogP) is 3.58. The first kappa shape index (κ1) is 21.1. The van der Waals surface area contributed by atoms with Crippen LogP contribution in [0.3, 0.4) is 0 Å². The molecule has 0 N–H and O–H groups in total. The van der Waals surface area contributed by atoms with Crippen molar-refractivity contribution in [2.45, 2.75) is 26.3 Å². The number of aryl methyl sites for hydroxylation is 1. The van der Waals surface area contributed by atoms with Gasteiger partial charge < -0.3 is 4.90 Å². The summed E-state index contributed by atoms with van der Waals surface area (Å²) in [6.45, 7) is 3.59. The highest BCUT2D eigenvalue weighted by Gasteiger charge is 2.25. The molecule has 3 heterocycles. The summed E-state index contributed by atoms with van der Waals surface area (Å²) in [7, 11) is 0. The van der Waals surface area contributed by atoms with Crippen molar-refractivity contribution >= 4 is 16.8 Å². The first-order valence-electron chi connectivity index (χ1n) is 11.1. The smallest absolute Gasteiger partial charge is 0.261 e. The summed E-state index contributed by atoms with van der Waals surface area (Å²) in [5.41, 5.74) is 1.72. The summed E-state index contributed by atoms with van der Waals surface area (Å²) >= 11 is 0. The molecule has 1 amide bonds. The second-order valence-electron chi connectivity index (χ2n) is 8.47. The summed E-state index contributed by atoms with van der Waals surface area (Å²) in [5.74, 6) is 0.441. The van der Waals surface area contributed by atoms with Crippen LogP contribution >= 0.6 is 0 Å². The highest BCUT2D eigenvalue weighted by molar-refractivity contribution is 5.94. The minimum Gasteiger partial charge on any atom is -0.339 e. The standard InChI is InChI=1S/C25H24FN5O2/c1-17-28-23-15-20(26)6-7-22(23)25(33)30(17)16-18-8-12-29(13-9-18)24(32)19-4-2-5-21(14-19)31-11-3-10-27-31/h2-7,10-11,14-15,18H,8-9,12-13,16H2,1H3. The Morgan fingerprint density at radius 1 is 1.12 bits per heavy atom. The largest absolute Gasteiger partial charge is 0.339 e. The summed E-state index contributed by atoms with van der Waals surface area (Å²) in [6, 6.07) is 13.4. The van der Waals surface area contributed by atoms with Gasteiger partial charge in [-0.05, 0) is 62.1 Å². The summed E-state index contributed by atoms with van der Waals surface area (Å²) in [4.78, 5) is 32.3. The molecule has 0 saturated carbocycles. The number of benzene rings is 2. The Kier molecular flexibility index (Phi) is 5.50. The molecule has 1 saturated heterocycles. The van der Waals surface area contributed by atoms with Crippen molar-refractivity contribution < 1.29 is 9.18 Å². The lowest BCUT2D eigenvalue weighted by molar-refractivity contribution is 0.0682. The Morgan fingerprint density at radius 2 is 1.94 bits per heavy atom. The molecule has 2 aromatic heterocycles. The molecule has 1 aliphatic heterocycles. The van der Waals surface area contributed by atoms with E-state index in [-0.39, 0.29) is 17.4 Å². The van der Waals surface area contributed by atoms with Crippen molar-refractivity contribution in [3.8, 4) is 5.69 Å². The molecule has 0 radical (unpaired) electrons. The molecular formula is C25H24FN5O2. The normalized spacial score (nSPS) is 14.7. The predicted molar refractivity (Wildman–Crippen MR) is 123 cm³/mol. The third-order valence-electron chi connectivity index (χ3n) is 6.31. The number of carbonyl (C=O) groups is 1. The van der Waals surface area contributed by atoms with E-state index in [1.165, 1.54) is 18.2 Å². The van der Waals surface area contributed by atoms with Crippen molar-refractivity contribution in [2.24, 2.45) is 5.92 Å². The van der Waals surface area contributed by atoms with Gasteiger partial charge in [0.25, 0.3) is 11.5 Å². The molecule has 7 nitrogen and oxygen atoms in total. The number of hydrogen-bond donors (Lipinski definition) is 0. The maximum absolute atomic E-state index is 13.5. The van der Waals surface area contributed by atoms with Gasteiger partial charge >= 0.3 is 0 Å². The van der Waals surface area contributed by atoms with E-state index in [2.05, 4.69) is 10.1 Å². The summed E-state index contributed by atoms with van der Waals surface area (Å²) in [6.07, 6.45) is 5.16. The van der Waals surface area contributed by atoms with Crippen LogP contribution in [0.4, 0.5) is 4.39 Å². The lowest BCUT2D eigenvalue weighted by Gasteiger charge is -2.32. The maximum atomic E-state index is 13.5. The van der Waals surface area contributed by atoms with Crippen LogP contribution in [-0.4, -0.2) is 43.2 Å². The number of amides is 1. The average Bonchev–Trinajstić information content (AvgIpc) is 3.37. The minimum atomic E-state index is -0.404. The topological polar surface area (TPSA) is 73.0 Å². The zero-order chi connectivity index (χ0) is 22.9. The fourth-order valence-electron chi connectivity index (χ4n) is 4.48. The zero-order valence-electron chi connectivity index (χ0n) is 18.3. The van der Waals surface area contributed by atoms with Crippen LogP contribution in [0.15, 0.2) is 65.7 Å². The third-order valence-corrected chi connectivity index (χ3v) is 6.31. The Morgan fingerprint density at radius 3 is 2.70 bits per heavy atom. The SMILES string of the molecule is Cc1nc2cc(F)ccc2c(=O)n1CC1CCN(C(=O)c2cccc(-n3cccn3)c2)CC1. The second-order valence-corrected chi connectivity index (χ2v) is 8.47. The van der Waals surface area contributed by atoms with Gasteiger partial charge in [-0.3, -0.25) is 14.2 Å². The highest BCUT2D eigenvalue weighted by atomic mass is 19.1.